The molecule has 0 saturated carbocycles. The highest BCUT2D eigenvalue weighted by atomic mass is 32.1. The van der Waals surface area contributed by atoms with Crippen LogP contribution in [0.5, 0.6) is 0 Å². The second kappa shape index (κ2) is 3.51. The molecule has 0 bridgehead atoms. The molecule has 0 radical (unpaired) electrons. The lowest BCUT2D eigenvalue weighted by molar-refractivity contribution is 0.406. The van der Waals surface area contributed by atoms with Crippen molar-refractivity contribution in [2.45, 2.75) is 6.54 Å². The Labute approximate surface area is 70.7 Å². The molecular formula is C8H10N2S. The molecule has 1 aromatic heterocycles. The van der Waals surface area contributed by atoms with Crippen LogP contribution in [0.15, 0.2) is 12.1 Å². The van der Waals surface area contributed by atoms with Crippen molar-refractivity contribution in [1.82, 2.24) is 4.90 Å². The lowest BCUT2D eigenvalue weighted by Gasteiger charge is -2.05. The van der Waals surface area contributed by atoms with Gasteiger partial charge in [-0.15, -0.1) is 11.3 Å². The van der Waals surface area contributed by atoms with Crippen LogP contribution < -0.4 is 0 Å². The first-order valence-electron chi connectivity index (χ1n) is 3.36. The molecule has 1 heterocycles. The summed E-state index contributed by atoms with van der Waals surface area (Å²) < 4.78 is 0. The molecule has 0 aliphatic heterocycles. The molecule has 0 atom stereocenters. The summed E-state index contributed by atoms with van der Waals surface area (Å²) in [5, 5.41) is 8.53. The van der Waals surface area contributed by atoms with E-state index in [4.69, 9.17) is 5.26 Å². The lowest BCUT2D eigenvalue weighted by atomic mass is 10.4. The highest BCUT2D eigenvalue weighted by Crippen LogP contribution is 2.15. The van der Waals surface area contributed by atoms with Crippen LogP contribution in [0.25, 0.3) is 0 Å². The van der Waals surface area contributed by atoms with E-state index in [1.165, 1.54) is 4.88 Å². The average Bonchev–Trinajstić information content (AvgIpc) is 2.34. The van der Waals surface area contributed by atoms with E-state index in [-0.39, 0.29) is 0 Å². The number of hydrogen-bond acceptors (Lipinski definition) is 3. The summed E-state index contributed by atoms with van der Waals surface area (Å²) in [5.74, 6) is 0. The van der Waals surface area contributed by atoms with Gasteiger partial charge in [-0.3, -0.25) is 0 Å². The van der Waals surface area contributed by atoms with Crippen LogP contribution >= 0.6 is 11.3 Å². The van der Waals surface area contributed by atoms with Gasteiger partial charge in [0.2, 0.25) is 0 Å². The van der Waals surface area contributed by atoms with Gasteiger partial charge >= 0.3 is 0 Å². The predicted molar refractivity (Wildman–Crippen MR) is 46.4 cm³/mol. The molecule has 0 N–H and O–H groups in total. The van der Waals surface area contributed by atoms with Crippen LogP contribution in [0, 0.1) is 11.3 Å². The van der Waals surface area contributed by atoms with Gasteiger partial charge in [-0.2, -0.15) is 5.26 Å². The Balaban J connectivity index is 2.67. The van der Waals surface area contributed by atoms with Crippen molar-refractivity contribution in [3.8, 4) is 6.07 Å². The summed E-state index contributed by atoms with van der Waals surface area (Å²) in [6, 6.07) is 5.99. The van der Waals surface area contributed by atoms with E-state index in [2.05, 4.69) is 11.0 Å². The first-order chi connectivity index (χ1) is 5.22. The first kappa shape index (κ1) is 8.25. The topological polar surface area (TPSA) is 27.0 Å². The average molecular weight is 166 g/mol. The Hall–Kier alpha value is -0.850. The molecule has 0 aliphatic rings. The summed E-state index contributed by atoms with van der Waals surface area (Å²) in [6.45, 7) is 0.923. The normalized spacial score (nSPS) is 10.0. The molecule has 0 aliphatic carbocycles. The van der Waals surface area contributed by atoms with Gasteiger partial charge in [0.1, 0.15) is 10.9 Å². The van der Waals surface area contributed by atoms with Crippen molar-refractivity contribution in [2.75, 3.05) is 14.1 Å². The molecule has 1 aromatic rings. The molecule has 1 rings (SSSR count). The molecule has 2 nitrogen and oxygen atoms in total. The lowest BCUT2D eigenvalue weighted by Crippen LogP contribution is -2.09. The van der Waals surface area contributed by atoms with Crippen LogP contribution in [-0.2, 0) is 6.54 Å². The first-order valence-corrected chi connectivity index (χ1v) is 4.17. The van der Waals surface area contributed by atoms with E-state index < -0.39 is 0 Å². The second-order valence-corrected chi connectivity index (χ2v) is 3.78. The zero-order valence-corrected chi connectivity index (χ0v) is 7.48. The minimum Gasteiger partial charge on any atom is -0.304 e. The predicted octanol–water partition coefficient (Wildman–Crippen LogP) is 1.68. The minimum absolute atomic E-state index is 0.793. The van der Waals surface area contributed by atoms with Crippen molar-refractivity contribution >= 4 is 11.3 Å². The number of nitrogens with zero attached hydrogens (tertiary/aromatic N) is 2. The van der Waals surface area contributed by atoms with Crippen LogP contribution in [0.3, 0.4) is 0 Å². The smallest absolute Gasteiger partial charge is 0.110 e. The van der Waals surface area contributed by atoms with Gasteiger partial charge in [0.05, 0.1) is 0 Å². The quantitative estimate of drug-likeness (QED) is 0.668. The third kappa shape index (κ3) is 2.34. The van der Waals surface area contributed by atoms with Crippen molar-refractivity contribution in [3.63, 3.8) is 0 Å². The van der Waals surface area contributed by atoms with Crippen LogP contribution in [0.2, 0.25) is 0 Å². The third-order valence-electron chi connectivity index (χ3n) is 1.24. The van der Waals surface area contributed by atoms with Crippen LogP contribution in [0.1, 0.15) is 9.75 Å². The monoisotopic (exact) mass is 166 g/mol. The number of nitriles is 1. The van der Waals surface area contributed by atoms with Crippen molar-refractivity contribution < 1.29 is 0 Å². The maximum absolute atomic E-state index is 8.53. The Morgan fingerprint density at radius 2 is 2.27 bits per heavy atom. The van der Waals surface area contributed by atoms with Crippen molar-refractivity contribution in [1.29, 1.82) is 5.26 Å². The fraction of sp³-hybridized carbons (Fsp3) is 0.375. The molecule has 0 aromatic carbocycles. The molecule has 58 valence electrons. The Kier molecular flexibility index (Phi) is 2.64. The summed E-state index contributed by atoms with van der Waals surface area (Å²) in [4.78, 5) is 4.13. The second-order valence-electron chi connectivity index (χ2n) is 2.62. The summed E-state index contributed by atoms with van der Waals surface area (Å²) in [7, 11) is 4.04. The third-order valence-corrected chi connectivity index (χ3v) is 2.22. The molecule has 3 heteroatoms. The number of thiophene rings is 1. The van der Waals surface area contributed by atoms with E-state index in [0.717, 1.165) is 11.4 Å². The van der Waals surface area contributed by atoms with E-state index in [1.807, 2.05) is 26.2 Å². The number of rotatable bonds is 2. The molecule has 0 saturated heterocycles. The van der Waals surface area contributed by atoms with E-state index >= 15 is 0 Å². The van der Waals surface area contributed by atoms with Crippen LogP contribution in [-0.4, -0.2) is 19.0 Å². The molecule has 0 amide bonds. The van der Waals surface area contributed by atoms with Gasteiger partial charge in [0, 0.05) is 11.4 Å². The van der Waals surface area contributed by atoms with Gasteiger partial charge in [0.25, 0.3) is 0 Å². The zero-order valence-electron chi connectivity index (χ0n) is 6.66. The summed E-state index contributed by atoms with van der Waals surface area (Å²) >= 11 is 1.56. The van der Waals surface area contributed by atoms with Gasteiger partial charge in [-0.05, 0) is 26.2 Å². The van der Waals surface area contributed by atoms with E-state index in [9.17, 15) is 0 Å². The molecule has 11 heavy (non-hydrogen) atoms. The highest BCUT2D eigenvalue weighted by Gasteiger charge is 1.99. The van der Waals surface area contributed by atoms with Gasteiger partial charge in [-0.1, -0.05) is 0 Å². The highest BCUT2D eigenvalue weighted by molar-refractivity contribution is 7.12. The Bertz CT molecular complexity index is 270. The Morgan fingerprint density at radius 3 is 2.73 bits per heavy atom. The fourth-order valence-corrected chi connectivity index (χ4v) is 1.76. The molecule has 0 unspecified atom stereocenters. The molecule has 0 fully saturated rings. The molecular weight excluding hydrogens is 156 g/mol. The fourth-order valence-electron chi connectivity index (χ4n) is 0.835. The van der Waals surface area contributed by atoms with E-state index in [0.29, 0.717) is 0 Å². The SMILES string of the molecule is CN(C)Cc1ccc(C#N)s1. The minimum atomic E-state index is 0.793. The van der Waals surface area contributed by atoms with Crippen LogP contribution in [0.4, 0.5) is 0 Å². The van der Waals surface area contributed by atoms with Crippen molar-refractivity contribution in [2.24, 2.45) is 0 Å². The maximum atomic E-state index is 8.53. The Morgan fingerprint density at radius 1 is 1.55 bits per heavy atom. The van der Waals surface area contributed by atoms with Gasteiger partial charge in [-0.25, -0.2) is 0 Å². The largest absolute Gasteiger partial charge is 0.304 e. The molecule has 0 spiro atoms. The maximum Gasteiger partial charge on any atom is 0.110 e. The van der Waals surface area contributed by atoms with E-state index in [1.54, 1.807) is 11.3 Å². The summed E-state index contributed by atoms with van der Waals surface area (Å²) in [6.07, 6.45) is 0. The number of hydrogen-bond donors (Lipinski definition) is 0. The summed E-state index contributed by atoms with van der Waals surface area (Å²) in [5.41, 5.74) is 0. The van der Waals surface area contributed by atoms with Gasteiger partial charge < -0.3 is 4.90 Å². The zero-order chi connectivity index (χ0) is 8.27. The van der Waals surface area contributed by atoms with Gasteiger partial charge in [0.15, 0.2) is 0 Å². The van der Waals surface area contributed by atoms with Crippen molar-refractivity contribution in [3.05, 3.63) is 21.9 Å². The standard InChI is InChI=1S/C8H10N2S/c1-10(2)6-8-4-3-7(5-9)11-8/h3-4H,6H2,1-2H3.